The van der Waals surface area contributed by atoms with Crippen molar-refractivity contribution in [3.63, 3.8) is 0 Å². The molecule has 1 unspecified atom stereocenters. The summed E-state index contributed by atoms with van der Waals surface area (Å²) in [5, 5.41) is 2.30. The normalized spacial score (nSPS) is 12.0. The third kappa shape index (κ3) is 3.44. The standard InChI is InChI=1S/C10H9BrF2N2OS/c1-4(9(14)17)15-10(16)8-6(12)2-5(11)3-7(8)13/h2-4H,1H3,(H2,14,17)(H,15,16). The van der Waals surface area contributed by atoms with Crippen molar-refractivity contribution in [3.05, 3.63) is 33.8 Å². The van der Waals surface area contributed by atoms with Crippen LogP contribution < -0.4 is 11.1 Å². The van der Waals surface area contributed by atoms with Gasteiger partial charge in [0.1, 0.15) is 17.2 Å². The Labute approximate surface area is 110 Å². The first-order valence-corrected chi connectivity index (χ1v) is 5.77. The molecule has 1 amide bonds. The van der Waals surface area contributed by atoms with Crippen LogP contribution in [0.1, 0.15) is 17.3 Å². The van der Waals surface area contributed by atoms with Crippen LogP contribution >= 0.6 is 28.1 Å². The summed E-state index contributed by atoms with van der Waals surface area (Å²) in [5.41, 5.74) is 4.63. The second kappa shape index (κ2) is 5.50. The molecule has 0 aliphatic carbocycles. The van der Waals surface area contributed by atoms with Crippen molar-refractivity contribution in [1.29, 1.82) is 0 Å². The molecule has 0 heterocycles. The lowest BCUT2D eigenvalue weighted by atomic mass is 10.1. The molecule has 1 atom stereocenters. The Bertz CT molecular complexity index is 458. The molecule has 7 heteroatoms. The molecule has 0 fully saturated rings. The largest absolute Gasteiger partial charge is 0.392 e. The Hall–Kier alpha value is -1.08. The zero-order valence-electron chi connectivity index (χ0n) is 8.76. The second-order valence-electron chi connectivity index (χ2n) is 3.34. The third-order valence-electron chi connectivity index (χ3n) is 2.01. The Morgan fingerprint density at radius 3 is 2.35 bits per heavy atom. The Kier molecular flexibility index (Phi) is 4.53. The van der Waals surface area contributed by atoms with Gasteiger partial charge in [0, 0.05) is 4.47 Å². The van der Waals surface area contributed by atoms with E-state index in [1.54, 1.807) is 0 Å². The number of nitrogens with two attached hydrogens (primary N) is 1. The van der Waals surface area contributed by atoms with Gasteiger partial charge in [0.2, 0.25) is 0 Å². The minimum Gasteiger partial charge on any atom is -0.392 e. The van der Waals surface area contributed by atoms with E-state index in [1.807, 2.05) is 0 Å². The maximum atomic E-state index is 13.4. The van der Waals surface area contributed by atoms with E-state index in [-0.39, 0.29) is 9.46 Å². The van der Waals surface area contributed by atoms with E-state index in [0.29, 0.717) is 0 Å². The number of carbonyl (C=O) groups is 1. The van der Waals surface area contributed by atoms with Gasteiger partial charge in [-0.05, 0) is 19.1 Å². The highest BCUT2D eigenvalue weighted by Gasteiger charge is 2.20. The van der Waals surface area contributed by atoms with Gasteiger partial charge in [-0.3, -0.25) is 4.79 Å². The number of carbonyl (C=O) groups excluding carboxylic acids is 1. The molecule has 3 nitrogen and oxygen atoms in total. The van der Waals surface area contributed by atoms with Gasteiger partial charge < -0.3 is 11.1 Å². The predicted molar refractivity (Wildman–Crippen MR) is 67.8 cm³/mol. The molecule has 1 aromatic carbocycles. The maximum Gasteiger partial charge on any atom is 0.257 e. The number of thiocarbonyl (C=S) groups is 1. The van der Waals surface area contributed by atoms with Crippen molar-refractivity contribution in [1.82, 2.24) is 5.32 Å². The first-order chi connectivity index (χ1) is 7.82. The second-order valence-corrected chi connectivity index (χ2v) is 4.73. The molecule has 1 rings (SSSR count). The van der Waals surface area contributed by atoms with E-state index >= 15 is 0 Å². The van der Waals surface area contributed by atoms with Gasteiger partial charge >= 0.3 is 0 Å². The number of hydrogen-bond acceptors (Lipinski definition) is 2. The van der Waals surface area contributed by atoms with Crippen LogP contribution in [0.25, 0.3) is 0 Å². The van der Waals surface area contributed by atoms with Gasteiger partial charge in [-0.2, -0.15) is 0 Å². The fourth-order valence-corrected chi connectivity index (χ4v) is 1.56. The molecular formula is C10H9BrF2N2OS. The third-order valence-corrected chi connectivity index (χ3v) is 2.82. The minimum absolute atomic E-state index is 0.0382. The first kappa shape index (κ1) is 14.0. The van der Waals surface area contributed by atoms with Crippen LogP contribution in [0.2, 0.25) is 0 Å². The monoisotopic (exact) mass is 322 g/mol. The summed E-state index contributed by atoms with van der Waals surface area (Å²) in [7, 11) is 0. The first-order valence-electron chi connectivity index (χ1n) is 4.57. The smallest absolute Gasteiger partial charge is 0.257 e. The van der Waals surface area contributed by atoms with Crippen molar-refractivity contribution < 1.29 is 13.6 Å². The summed E-state index contributed by atoms with van der Waals surface area (Å²) < 4.78 is 27.1. The fourth-order valence-electron chi connectivity index (χ4n) is 1.10. The lowest BCUT2D eigenvalue weighted by Gasteiger charge is -2.13. The SMILES string of the molecule is CC(NC(=O)c1c(F)cc(Br)cc1F)C(N)=S. The highest BCUT2D eigenvalue weighted by Crippen LogP contribution is 2.19. The van der Waals surface area contributed by atoms with Gasteiger partial charge in [-0.15, -0.1) is 0 Å². The van der Waals surface area contributed by atoms with Gasteiger partial charge in [0.25, 0.3) is 5.91 Å². The quantitative estimate of drug-likeness (QED) is 0.838. The molecule has 0 spiro atoms. The van der Waals surface area contributed by atoms with Crippen molar-refractivity contribution >= 4 is 39.0 Å². The Morgan fingerprint density at radius 1 is 1.47 bits per heavy atom. The number of rotatable bonds is 3. The maximum absolute atomic E-state index is 13.4. The molecule has 0 aliphatic rings. The molecule has 0 radical (unpaired) electrons. The summed E-state index contributed by atoms with van der Waals surface area (Å²) in [5.74, 6) is -2.80. The lowest BCUT2D eigenvalue weighted by molar-refractivity contribution is 0.0941. The molecule has 1 aromatic rings. The van der Waals surface area contributed by atoms with E-state index in [0.717, 1.165) is 12.1 Å². The summed E-state index contributed by atoms with van der Waals surface area (Å²) in [6.45, 7) is 1.52. The number of benzene rings is 1. The van der Waals surface area contributed by atoms with E-state index < -0.39 is 29.1 Å². The van der Waals surface area contributed by atoms with Crippen molar-refractivity contribution in [2.45, 2.75) is 13.0 Å². The molecule has 0 bridgehead atoms. The summed E-state index contributed by atoms with van der Waals surface area (Å²) in [6.07, 6.45) is 0. The van der Waals surface area contributed by atoms with Crippen LogP contribution in [0.4, 0.5) is 8.78 Å². The van der Waals surface area contributed by atoms with Gasteiger partial charge in [-0.1, -0.05) is 28.1 Å². The van der Waals surface area contributed by atoms with Crippen LogP contribution in [-0.4, -0.2) is 16.9 Å². The zero-order valence-corrected chi connectivity index (χ0v) is 11.2. The average Bonchev–Trinajstić information content (AvgIpc) is 2.15. The van der Waals surface area contributed by atoms with E-state index in [4.69, 9.17) is 5.73 Å². The topological polar surface area (TPSA) is 55.1 Å². The van der Waals surface area contributed by atoms with E-state index in [1.165, 1.54) is 6.92 Å². The molecule has 17 heavy (non-hydrogen) atoms. The molecule has 0 saturated carbocycles. The lowest BCUT2D eigenvalue weighted by Crippen LogP contribution is -2.41. The summed E-state index contributed by atoms with van der Waals surface area (Å²) >= 11 is 7.56. The van der Waals surface area contributed by atoms with Gasteiger partial charge in [-0.25, -0.2) is 8.78 Å². The summed E-state index contributed by atoms with van der Waals surface area (Å²) in [4.78, 5) is 11.6. The molecule has 0 saturated heterocycles. The van der Waals surface area contributed by atoms with Gasteiger partial charge in [0.15, 0.2) is 0 Å². The Balaban J connectivity index is 3.01. The minimum atomic E-state index is -0.954. The van der Waals surface area contributed by atoms with Crippen LogP contribution in [0.15, 0.2) is 16.6 Å². The fraction of sp³-hybridized carbons (Fsp3) is 0.200. The average molecular weight is 323 g/mol. The van der Waals surface area contributed by atoms with Crippen LogP contribution in [0.5, 0.6) is 0 Å². The zero-order chi connectivity index (χ0) is 13.2. The molecule has 92 valence electrons. The van der Waals surface area contributed by atoms with E-state index in [2.05, 4.69) is 33.5 Å². The van der Waals surface area contributed by atoms with E-state index in [9.17, 15) is 13.6 Å². The van der Waals surface area contributed by atoms with Crippen molar-refractivity contribution in [3.8, 4) is 0 Å². The molecule has 3 N–H and O–H groups in total. The number of nitrogens with one attached hydrogen (secondary N) is 1. The number of hydrogen-bond donors (Lipinski definition) is 2. The van der Waals surface area contributed by atoms with Crippen LogP contribution in [-0.2, 0) is 0 Å². The molecular weight excluding hydrogens is 314 g/mol. The Morgan fingerprint density at radius 2 is 1.94 bits per heavy atom. The summed E-state index contributed by atoms with van der Waals surface area (Å²) in [6, 6.07) is 1.37. The predicted octanol–water partition coefficient (Wildman–Crippen LogP) is 2.13. The highest BCUT2D eigenvalue weighted by molar-refractivity contribution is 9.10. The number of amides is 1. The van der Waals surface area contributed by atoms with Crippen LogP contribution in [0.3, 0.4) is 0 Å². The van der Waals surface area contributed by atoms with Crippen molar-refractivity contribution in [2.75, 3.05) is 0 Å². The highest BCUT2D eigenvalue weighted by atomic mass is 79.9. The number of halogens is 3. The molecule has 0 aliphatic heterocycles. The van der Waals surface area contributed by atoms with Crippen molar-refractivity contribution in [2.24, 2.45) is 5.73 Å². The van der Waals surface area contributed by atoms with Gasteiger partial charge in [0.05, 0.1) is 11.0 Å². The van der Waals surface area contributed by atoms with Crippen LogP contribution in [0, 0.1) is 11.6 Å². The molecule has 0 aromatic heterocycles.